The average Bonchev–Trinajstić information content (AvgIpc) is 2.56. The Morgan fingerprint density at radius 3 is 1.86 bits per heavy atom. The van der Waals surface area contributed by atoms with Gasteiger partial charge in [-0.05, 0) is 6.42 Å². The third-order valence-electron chi connectivity index (χ3n) is 3.74. The number of ether oxygens (including phenoxy) is 6. The second-order valence-corrected chi connectivity index (χ2v) is 6.29. The number of hydrogen-bond acceptors (Lipinski definition) is 10. The first kappa shape index (κ1) is 23.8. The van der Waals surface area contributed by atoms with E-state index in [4.69, 9.17) is 28.4 Å². The van der Waals surface area contributed by atoms with Crippen molar-refractivity contribution in [3.63, 3.8) is 0 Å². The van der Waals surface area contributed by atoms with Crippen LogP contribution >= 0.6 is 0 Å². The number of hydrogen-bond donors (Lipinski definition) is 0. The van der Waals surface area contributed by atoms with Crippen molar-refractivity contribution in [2.75, 3.05) is 13.2 Å². The van der Waals surface area contributed by atoms with Gasteiger partial charge in [0.25, 0.3) is 0 Å². The number of esters is 4. The van der Waals surface area contributed by atoms with Gasteiger partial charge in [-0.25, -0.2) is 0 Å². The Morgan fingerprint density at radius 1 is 0.786 bits per heavy atom. The topological polar surface area (TPSA) is 124 Å². The first-order valence-corrected chi connectivity index (χ1v) is 9.07. The summed E-state index contributed by atoms with van der Waals surface area (Å²) in [5, 5.41) is 0. The lowest BCUT2D eigenvalue weighted by Gasteiger charge is -2.44. The van der Waals surface area contributed by atoms with Crippen LogP contribution in [0.15, 0.2) is 0 Å². The molecule has 0 aliphatic carbocycles. The van der Waals surface area contributed by atoms with Crippen LogP contribution < -0.4 is 0 Å². The number of carbonyl (C=O) groups excluding carboxylic acids is 4. The van der Waals surface area contributed by atoms with Crippen molar-refractivity contribution in [3.05, 3.63) is 0 Å². The molecule has 0 unspecified atom stereocenters. The molecule has 0 aromatic carbocycles. The van der Waals surface area contributed by atoms with Gasteiger partial charge in [0.05, 0.1) is 0 Å². The summed E-state index contributed by atoms with van der Waals surface area (Å²) in [4.78, 5) is 45.9. The Morgan fingerprint density at radius 2 is 1.36 bits per heavy atom. The molecule has 0 spiro atoms. The fourth-order valence-electron chi connectivity index (χ4n) is 2.67. The Balaban J connectivity index is 3.22. The monoisotopic (exact) mass is 404 g/mol. The Labute approximate surface area is 163 Å². The highest BCUT2D eigenvalue weighted by Gasteiger charge is 2.52. The molecule has 10 nitrogen and oxygen atoms in total. The Kier molecular flexibility index (Phi) is 9.88. The van der Waals surface area contributed by atoms with Crippen LogP contribution in [-0.4, -0.2) is 67.8 Å². The molecule has 1 rings (SSSR count). The maximum atomic E-state index is 11.6. The van der Waals surface area contributed by atoms with Gasteiger partial charge in [-0.2, -0.15) is 0 Å². The minimum absolute atomic E-state index is 0.272. The number of rotatable bonds is 9. The van der Waals surface area contributed by atoms with Crippen LogP contribution in [0.5, 0.6) is 0 Å². The molecule has 160 valence electrons. The largest absolute Gasteiger partial charge is 0.463 e. The summed E-state index contributed by atoms with van der Waals surface area (Å²) in [7, 11) is 0. The predicted octanol–water partition coefficient (Wildman–Crippen LogP) is 0.886. The van der Waals surface area contributed by atoms with Crippen LogP contribution in [0.4, 0.5) is 0 Å². The molecule has 1 aliphatic heterocycles. The third-order valence-corrected chi connectivity index (χ3v) is 3.74. The van der Waals surface area contributed by atoms with E-state index < -0.39 is 54.6 Å². The van der Waals surface area contributed by atoms with Crippen molar-refractivity contribution in [2.24, 2.45) is 0 Å². The second kappa shape index (κ2) is 11.6. The first-order valence-electron chi connectivity index (χ1n) is 9.07. The van der Waals surface area contributed by atoms with Crippen molar-refractivity contribution in [1.82, 2.24) is 0 Å². The number of carbonyl (C=O) groups is 4. The van der Waals surface area contributed by atoms with Crippen molar-refractivity contribution >= 4 is 23.9 Å². The Bertz CT molecular complexity index is 561. The molecule has 0 aromatic heterocycles. The normalized spacial score (nSPS) is 26.8. The van der Waals surface area contributed by atoms with Gasteiger partial charge in [0.15, 0.2) is 12.2 Å². The molecule has 1 fully saturated rings. The quantitative estimate of drug-likeness (QED) is 0.311. The van der Waals surface area contributed by atoms with Gasteiger partial charge in [-0.1, -0.05) is 13.3 Å². The van der Waals surface area contributed by atoms with E-state index in [1.165, 1.54) is 27.7 Å². The van der Waals surface area contributed by atoms with Gasteiger partial charge < -0.3 is 28.4 Å². The maximum Gasteiger partial charge on any atom is 0.305 e. The van der Waals surface area contributed by atoms with Gasteiger partial charge in [-0.15, -0.1) is 0 Å². The molecular formula is C18H28O10. The molecule has 10 heteroatoms. The van der Waals surface area contributed by atoms with Crippen LogP contribution in [0, 0.1) is 0 Å². The van der Waals surface area contributed by atoms with Crippen molar-refractivity contribution in [1.29, 1.82) is 0 Å². The summed E-state index contributed by atoms with van der Waals surface area (Å²) >= 11 is 0. The summed E-state index contributed by atoms with van der Waals surface area (Å²) in [6, 6.07) is 0. The van der Waals surface area contributed by atoms with Gasteiger partial charge in [-0.3, -0.25) is 19.2 Å². The van der Waals surface area contributed by atoms with Gasteiger partial charge in [0.1, 0.15) is 18.8 Å². The van der Waals surface area contributed by atoms with E-state index >= 15 is 0 Å². The van der Waals surface area contributed by atoms with E-state index in [-0.39, 0.29) is 13.2 Å². The van der Waals surface area contributed by atoms with E-state index in [9.17, 15) is 19.2 Å². The van der Waals surface area contributed by atoms with E-state index in [0.29, 0.717) is 6.42 Å². The zero-order valence-electron chi connectivity index (χ0n) is 16.8. The van der Waals surface area contributed by atoms with Crippen LogP contribution in [0.1, 0.15) is 47.5 Å². The summed E-state index contributed by atoms with van der Waals surface area (Å²) in [5.41, 5.74) is 0. The van der Waals surface area contributed by atoms with Crippen LogP contribution in [-0.2, 0) is 47.6 Å². The molecule has 0 aromatic rings. The lowest BCUT2D eigenvalue weighted by atomic mass is 9.98. The predicted molar refractivity (Wildman–Crippen MR) is 92.8 cm³/mol. The molecule has 0 saturated carbocycles. The van der Waals surface area contributed by atoms with Crippen molar-refractivity contribution < 1.29 is 47.6 Å². The third kappa shape index (κ3) is 7.81. The molecule has 0 radical (unpaired) electrons. The highest BCUT2D eigenvalue weighted by atomic mass is 16.7. The fraction of sp³-hybridized carbons (Fsp3) is 0.778. The van der Waals surface area contributed by atoms with Crippen molar-refractivity contribution in [2.45, 2.75) is 78.2 Å². The second-order valence-electron chi connectivity index (χ2n) is 6.29. The zero-order valence-corrected chi connectivity index (χ0v) is 16.8. The summed E-state index contributed by atoms with van der Waals surface area (Å²) in [6.45, 7) is 6.73. The summed E-state index contributed by atoms with van der Waals surface area (Å²) in [5.74, 6) is -2.53. The molecule has 1 aliphatic rings. The minimum Gasteiger partial charge on any atom is -0.463 e. The van der Waals surface area contributed by atoms with Crippen LogP contribution in [0.3, 0.4) is 0 Å². The zero-order chi connectivity index (χ0) is 21.3. The molecule has 28 heavy (non-hydrogen) atoms. The average molecular weight is 404 g/mol. The van der Waals surface area contributed by atoms with Gasteiger partial charge >= 0.3 is 23.9 Å². The standard InChI is InChI=1S/C18H28O10/c1-6-7-8-23-16-15(25-11(3)20)14(9-24-10(2)19)28-18(27-13(5)22)17(16)26-12(4)21/h14-18H,6-9H2,1-5H3/t14-,15-,16+,17-,18-/m1/s1. The van der Waals surface area contributed by atoms with Gasteiger partial charge in [0, 0.05) is 34.3 Å². The molecule has 0 bridgehead atoms. The lowest BCUT2D eigenvalue weighted by Crippen LogP contribution is -2.62. The molecular weight excluding hydrogens is 376 g/mol. The molecule has 1 heterocycles. The molecule has 1 saturated heterocycles. The van der Waals surface area contributed by atoms with E-state index in [2.05, 4.69) is 0 Å². The van der Waals surface area contributed by atoms with Crippen LogP contribution in [0.2, 0.25) is 0 Å². The maximum absolute atomic E-state index is 11.6. The first-order chi connectivity index (χ1) is 13.1. The van der Waals surface area contributed by atoms with E-state index in [1.807, 2.05) is 6.92 Å². The molecule has 0 amide bonds. The number of unbranched alkanes of at least 4 members (excludes halogenated alkanes) is 1. The lowest BCUT2D eigenvalue weighted by molar-refractivity contribution is -0.304. The minimum atomic E-state index is -1.32. The highest BCUT2D eigenvalue weighted by molar-refractivity contribution is 5.68. The summed E-state index contributed by atoms with van der Waals surface area (Å²) < 4.78 is 32.2. The highest BCUT2D eigenvalue weighted by Crippen LogP contribution is 2.30. The Hall–Kier alpha value is -2.20. The molecule has 5 atom stereocenters. The van der Waals surface area contributed by atoms with Crippen molar-refractivity contribution in [3.8, 4) is 0 Å². The van der Waals surface area contributed by atoms with Gasteiger partial charge in [0.2, 0.25) is 6.29 Å². The molecule has 0 N–H and O–H groups in total. The smallest absolute Gasteiger partial charge is 0.305 e. The van der Waals surface area contributed by atoms with E-state index in [0.717, 1.165) is 6.42 Å². The summed E-state index contributed by atoms with van der Waals surface area (Å²) in [6.07, 6.45) is -3.98. The fourth-order valence-corrected chi connectivity index (χ4v) is 2.67. The SMILES string of the molecule is CCCCO[C@@H]1[C@@H](OC(C)=O)[C@H](OC(C)=O)O[C@H](COC(C)=O)[C@H]1OC(C)=O. The van der Waals surface area contributed by atoms with Crippen LogP contribution in [0.25, 0.3) is 0 Å². The van der Waals surface area contributed by atoms with E-state index in [1.54, 1.807) is 0 Å².